The summed E-state index contributed by atoms with van der Waals surface area (Å²) in [6.45, 7) is 2.74. The molecule has 0 aromatic heterocycles. The third-order valence-corrected chi connectivity index (χ3v) is 8.72. The molecule has 0 spiro atoms. The van der Waals surface area contributed by atoms with Crippen LogP contribution >= 0.6 is 0 Å². The number of amides is 2. The smallest absolute Gasteiger partial charge is 0.484 e. The minimum Gasteiger partial charge on any atom is -0.484 e. The zero-order valence-electron chi connectivity index (χ0n) is 19.7. The molecule has 1 aromatic carbocycles. The predicted octanol–water partition coefficient (Wildman–Crippen LogP) is 1.28. The van der Waals surface area contributed by atoms with Crippen molar-refractivity contribution in [2.75, 3.05) is 32.8 Å². The maximum Gasteiger partial charge on any atom is 0.573 e. The molecule has 3 aliphatic heterocycles. The molecule has 6 rings (SSSR count). The molecule has 196 valence electrons. The lowest BCUT2D eigenvalue weighted by Crippen LogP contribution is -2.45. The number of hydrazine groups is 2. The molecule has 3 saturated heterocycles. The molecular formula is C24H30F3N5O4. The van der Waals surface area contributed by atoms with E-state index in [0.717, 1.165) is 44.5 Å². The molecule has 7 atom stereocenters. The van der Waals surface area contributed by atoms with Gasteiger partial charge in [0, 0.05) is 44.2 Å². The van der Waals surface area contributed by atoms with Crippen LogP contribution in [0.15, 0.2) is 24.3 Å². The van der Waals surface area contributed by atoms with Crippen LogP contribution in [0.1, 0.15) is 19.3 Å². The summed E-state index contributed by atoms with van der Waals surface area (Å²) in [5.41, 5.74) is 9.40. The highest BCUT2D eigenvalue weighted by atomic mass is 19.4. The van der Waals surface area contributed by atoms with Gasteiger partial charge >= 0.3 is 6.36 Å². The minimum absolute atomic E-state index is 0.0714. The van der Waals surface area contributed by atoms with Gasteiger partial charge in [0.2, 0.25) is 5.91 Å². The second-order valence-electron chi connectivity index (χ2n) is 10.6. The average Bonchev–Trinajstić information content (AvgIpc) is 3.56. The molecule has 5 aliphatic rings. The number of nitrogens with one attached hydrogen (secondary N) is 3. The van der Waals surface area contributed by atoms with Crippen LogP contribution in [-0.2, 0) is 9.59 Å². The van der Waals surface area contributed by atoms with Crippen molar-refractivity contribution in [3.8, 4) is 11.5 Å². The number of hydrogen-bond acceptors (Lipinski definition) is 7. The van der Waals surface area contributed by atoms with Crippen molar-refractivity contribution >= 4 is 11.8 Å². The first-order chi connectivity index (χ1) is 17.2. The van der Waals surface area contributed by atoms with Crippen molar-refractivity contribution in [3.63, 3.8) is 0 Å². The summed E-state index contributed by atoms with van der Waals surface area (Å²) in [4.78, 5) is 29.8. The summed E-state index contributed by atoms with van der Waals surface area (Å²) in [7, 11) is 0. The first-order valence-corrected chi connectivity index (χ1v) is 12.6. The van der Waals surface area contributed by atoms with Crippen LogP contribution in [-0.4, -0.2) is 72.8 Å². The third kappa shape index (κ3) is 4.50. The Balaban J connectivity index is 0.966. The Morgan fingerprint density at radius 3 is 2.08 bits per heavy atom. The fourth-order valence-electron chi connectivity index (χ4n) is 6.94. The second-order valence-corrected chi connectivity index (χ2v) is 10.6. The fourth-order valence-corrected chi connectivity index (χ4v) is 6.94. The SMILES string of the molecule is O=C(COc1ccc(OC(F)(F)F)cc1)N1C[C@@H]2[C@H](C1)[C@H]1CN(C(=O)C3CCC4NNNC4C3)C[C@@H]21. The normalized spacial score (nSPS) is 35.0. The van der Waals surface area contributed by atoms with Crippen molar-refractivity contribution in [1.82, 2.24) is 26.2 Å². The molecule has 0 bridgehead atoms. The Morgan fingerprint density at radius 2 is 1.44 bits per heavy atom. The van der Waals surface area contributed by atoms with Crippen molar-refractivity contribution in [2.24, 2.45) is 29.6 Å². The monoisotopic (exact) mass is 509 g/mol. The number of hydrogen-bond donors (Lipinski definition) is 3. The molecule has 2 saturated carbocycles. The van der Waals surface area contributed by atoms with E-state index in [4.69, 9.17) is 4.74 Å². The van der Waals surface area contributed by atoms with Crippen molar-refractivity contribution in [1.29, 1.82) is 0 Å². The number of halogens is 3. The Hall–Kier alpha value is -2.57. The van der Waals surface area contributed by atoms with Crippen LogP contribution in [0.4, 0.5) is 13.2 Å². The highest BCUT2D eigenvalue weighted by Crippen LogP contribution is 2.54. The van der Waals surface area contributed by atoms with Gasteiger partial charge in [-0.2, -0.15) is 5.53 Å². The number of rotatable bonds is 5. The van der Waals surface area contributed by atoms with Gasteiger partial charge in [0.25, 0.3) is 5.91 Å². The zero-order chi connectivity index (χ0) is 25.0. The van der Waals surface area contributed by atoms with Gasteiger partial charge in [-0.3, -0.25) is 9.59 Å². The summed E-state index contributed by atoms with van der Waals surface area (Å²) < 4.78 is 46.2. The standard InChI is InChI=1S/C24H30F3N5O4/c25-24(26,27)36-15-4-2-14(3-5-15)35-12-22(33)31-8-16-17(9-31)19-11-32(10-18(16)19)23(34)13-1-6-20-21(7-13)29-30-28-20/h2-5,13,16-21,28-30H,1,6-12H2/t13?,16-,17+,18+,19-,20?,21?. The van der Waals surface area contributed by atoms with Gasteiger partial charge in [0.15, 0.2) is 6.61 Å². The van der Waals surface area contributed by atoms with Gasteiger partial charge in [0.1, 0.15) is 11.5 Å². The largest absolute Gasteiger partial charge is 0.573 e. The van der Waals surface area contributed by atoms with E-state index in [0.29, 0.717) is 54.6 Å². The molecule has 0 radical (unpaired) electrons. The molecule has 1 aromatic rings. The number of carbonyl (C=O) groups excluding carboxylic acids is 2. The van der Waals surface area contributed by atoms with Gasteiger partial charge in [-0.25, -0.2) is 10.9 Å². The number of benzene rings is 1. The molecule has 3 N–H and O–H groups in total. The first-order valence-electron chi connectivity index (χ1n) is 12.6. The summed E-state index contributed by atoms with van der Waals surface area (Å²) >= 11 is 0. The number of carbonyl (C=O) groups is 2. The van der Waals surface area contributed by atoms with E-state index in [1.807, 2.05) is 4.90 Å². The van der Waals surface area contributed by atoms with Crippen LogP contribution in [0, 0.1) is 29.6 Å². The number of alkyl halides is 3. The van der Waals surface area contributed by atoms with E-state index >= 15 is 0 Å². The average molecular weight is 510 g/mol. The third-order valence-electron chi connectivity index (χ3n) is 8.72. The summed E-state index contributed by atoms with van der Waals surface area (Å²) in [5, 5.41) is 0. The van der Waals surface area contributed by atoms with E-state index < -0.39 is 6.36 Å². The van der Waals surface area contributed by atoms with Crippen LogP contribution in [0.5, 0.6) is 11.5 Å². The second kappa shape index (κ2) is 9.07. The van der Waals surface area contributed by atoms with Gasteiger partial charge in [0.05, 0.1) is 0 Å². The van der Waals surface area contributed by atoms with Crippen LogP contribution in [0.2, 0.25) is 0 Å². The number of likely N-dealkylation sites (tertiary alicyclic amines) is 2. The molecule has 36 heavy (non-hydrogen) atoms. The molecule has 5 fully saturated rings. The maximum absolute atomic E-state index is 13.2. The first kappa shape index (κ1) is 23.8. The Labute approximate surface area is 206 Å². The zero-order valence-corrected chi connectivity index (χ0v) is 19.7. The van der Waals surface area contributed by atoms with E-state index in [2.05, 4.69) is 26.0 Å². The Morgan fingerprint density at radius 1 is 0.861 bits per heavy atom. The quantitative estimate of drug-likeness (QED) is 0.551. The highest BCUT2D eigenvalue weighted by molar-refractivity contribution is 5.80. The molecular weight excluding hydrogens is 479 g/mol. The van der Waals surface area contributed by atoms with Crippen LogP contribution in [0.3, 0.4) is 0 Å². The van der Waals surface area contributed by atoms with Gasteiger partial charge in [-0.15, -0.1) is 13.2 Å². The lowest BCUT2D eigenvalue weighted by molar-refractivity contribution is -0.274. The number of nitrogens with zero attached hydrogens (tertiary/aromatic N) is 2. The van der Waals surface area contributed by atoms with Gasteiger partial charge < -0.3 is 19.3 Å². The van der Waals surface area contributed by atoms with E-state index in [1.54, 1.807) is 0 Å². The molecule has 2 aliphatic carbocycles. The van der Waals surface area contributed by atoms with Crippen molar-refractivity contribution in [3.05, 3.63) is 24.3 Å². The van der Waals surface area contributed by atoms with Crippen LogP contribution in [0.25, 0.3) is 0 Å². The molecule has 3 heterocycles. The van der Waals surface area contributed by atoms with Gasteiger partial charge in [-0.05, 0) is 67.2 Å². The van der Waals surface area contributed by atoms with E-state index in [9.17, 15) is 22.8 Å². The lowest BCUT2D eigenvalue weighted by Gasteiger charge is -2.42. The lowest BCUT2D eigenvalue weighted by atomic mass is 9.60. The minimum atomic E-state index is -4.75. The number of ether oxygens (including phenoxy) is 2. The predicted molar refractivity (Wildman–Crippen MR) is 120 cm³/mol. The number of fused-ring (bicyclic) bond motifs is 5. The van der Waals surface area contributed by atoms with Crippen LogP contribution < -0.4 is 25.9 Å². The summed E-state index contributed by atoms with van der Waals surface area (Å²) in [6.07, 6.45) is -2.01. The fraction of sp³-hybridized carbons (Fsp3) is 0.667. The summed E-state index contributed by atoms with van der Waals surface area (Å²) in [6, 6.07) is 5.68. The maximum atomic E-state index is 13.2. The molecule has 3 unspecified atom stereocenters. The van der Waals surface area contributed by atoms with E-state index in [-0.39, 0.29) is 30.1 Å². The Kier molecular flexibility index (Phi) is 6.00. The highest BCUT2D eigenvalue weighted by Gasteiger charge is 2.59. The van der Waals surface area contributed by atoms with Gasteiger partial charge in [-0.1, -0.05) is 0 Å². The molecule has 2 amide bonds. The van der Waals surface area contributed by atoms with Crippen molar-refractivity contribution in [2.45, 2.75) is 37.7 Å². The Bertz CT molecular complexity index is 988. The topological polar surface area (TPSA) is 95.2 Å². The molecule has 9 nitrogen and oxygen atoms in total. The molecule has 12 heteroatoms. The van der Waals surface area contributed by atoms with E-state index in [1.165, 1.54) is 12.1 Å². The van der Waals surface area contributed by atoms with Crippen molar-refractivity contribution < 1.29 is 32.2 Å². The summed E-state index contributed by atoms with van der Waals surface area (Å²) in [5.74, 6) is 1.91.